The molecule has 0 radical (unpaired) electrons. The Morgan fingerprint density at radius 3 is 2.58 bits per heavy atom. The molecule has 0 saturated heterocycles. The Hall–Kier alpha value is -1.69. The topological polar surface area (TPSA) is 87.0 Å². The van der Waals surface area contributed by atoms with Gasteiger partial charge in [-0.2, -0.15) is 0 Å². The molecule has 2 bridgehead atoms. The third-order valence-electron chi connectivity index (χ3n) is 6.33. The lowest BCUT2D eigenvalue weighted by atomic mass is 9.76. The summed E-state index contributed by atoms with van der Waals surface area (Å²) < 4.78 is 5.82. The summed E-state index contributed by atoms with van der Waals surface area (Å²) in [4.78, 5) is 12.4. The van der Waals surface area contributed by atoms with E-state index in [9.17, 15) is 15.0 Å². The van der Waals surface area contributed by atoms with E-state index in [-0.39, 0.29) is 30.0 Å². The highest BCUT2D eigenvalue weighted by Crippen LogP contribution is 2.31. The van der Waals surface area contributed by atoms with Crippen molar-refractivity contribution in [2.45, 2.75) is 90.3 Å². The van der Waals surface area contributed by atoms with E-state index in [1.807, 2.05) is 26.0 Å². The first-order chi connectivity index (χ1) is 14.8. The van der Waals surface area contributed by atoms with Crippen molar-refractivity contribution >= 4 is 5.97 Å². The lowest BCUT2D eigenvalue weighted by Crippen LogP contribution is -2.34. The summed E-state index contributed by atoms with van der Waals surface area (Å²) in [5.74, 6) is -0.0924. The highest BCUT2D eigenvalue weighted by molar-refractivity contribution is 5.69. The molecule has 5 heteroatoms. The number of carbonyl (C=O) groups is 1. The van der Waals surface area contributed by atoms with Gasteiger partial charge in [-0.05, 0) is 62.1 Å². The van der Waals surface area contributed by atoms with Gasteiger partial charge in [-0.25, -0.2) is 0 Å². The second-order valence-electron chi connectivity index (χ2n) is 8.96. The number of cyclic esters (lactones) is 1. The van der Waals surface area contributed by atoms with Crippen molar-refractivity contribution in [2.24, 2.45) is 5.92 Å². The lowest BCUT2D eigenvalue weighted by Gasteiger charge is -2.32. The molecule has 2 rings (SSSR count). The molecule has 1 aromatic carbocycles. The van der Waals surface area contributed by atoms with Gasteiger partial charge >= 0.3 is 5.97 Å². The van der Waals surface area contributed by atoms with Crippen LogP contribution in [-0.4, -0.2) is 47.2 Å². The van der Waals surface area contributed by atoms with Crippen LogP contribution in [-0.2, 0) is 21.4 Å². The van der Waals surface area contributed by atoms with Crippen LogP contribution in [0.3, 0.4) is 0 Å². The number of aliphatic hydroxyl groups is 3. The maximum absolute atomic E-state index is 12.4. The van der Waals surface area contributed by atoms with E-state index in [1.165, 1.54) is 5.56 Å². The number of aryl methyl sites for hydroxylation is 1. The Morgan fingerprint density at radius 1 is 1.23 bits per heavy atom. The van der Waals surface area contributed by atoms with Crippen molar-refractivity contribution in [3.8, 4) is 0 Å². The van der Waals surface area contributed by atoms with Crippen LogP contribution in [0.25, 0.3) is 0 Å². The molecular formula is C26H42O5. The normalized spacial score (nSPS) is 23.6. The second-order valence-corrected chi connectivity index (χ2v) is 8.96. The van der Waals surface area contributed by atoms with Crippen LogP contribution >= 0.6 is 0 Å². The average molecular weight is 435 g/mol. The van der Waals surface area contributed by atoms with E-state index >= 15 is 0 Å². The number of hydrogen-bond donors (Lipinski definition) is 3. The van der Waals surface area contributed by atoms with Crippen molar-refractivity contribution in [2.75, 3.05) is 13.7 Å². The monoisotopic (exact) mass is 434 g/mol. The van der Waals surface area contributed by atoms with Crippen LogP contribution in [0.2, 0.25) is 0 Å². The zero-order chi connectivity index (χ0) is 23.4. The number of fused-ring (bicyclic) bond motifs is 2. The van der Waals surface area contributed by atoms with E-state index in [2.05, 4.69) is 32.0 Å². The number of esters is 1. The molecule has 1 aliphatic rings. The Balaban J connectivity index is 0.00000233. The fourth-order valence-corrected chi connectivity index (χ4v) is 3.99. The molecule has 0 aliphatic carbocycles. The predicted molar refractivity (Wildman–Crippen MR) is 125 cm³/mol. The van der Waals surface area contributed by atoms with Gasteiger partial charge in [-0.3, -0.25) is 4.79 Å². The van der Waals surface area contributed by atoms with Gasteiger partial charge in [0.25, 0.3) is 0 Å². The van der Waals surface area contributed by atoms with E-state index in [0.29, 0.717) is 19.3 Å². The van der Waals surface area contributed by atoms with E-state index in [1.54, 1.807) is 0 Å². The average Bonchev–Trinajstić information content (AvgIpc) is 2.77. The molecule has 1 aromatic rings. The minimum Gasteiger partial charge on any atom is -0.458 e. The largest absolute Gasteiger partial charge is 0.458 e. The van der Waals surface area contributed by atoms with E-state index in [0.717, 1.165) is 43.9 Å². The van der Waals surface area contributed by atoms with Crippen LogP contribution in [0.1, 0.15) is 77.3 Å². The molecule has 0 spiro atoms. The predicted octanol–water partition coefficient (Wildman–Crippen LogP) is 4.32. The molecule has 0 fully saturated rings. The molecule has 176 valence electrons. The Kier molecular flexibility index (Phi) is 12.1. The summed E-state index contributed by atoms with van der Waals surface area (Å²) in [5.41, 5.74) is 2.99. The Morgan fingerprint density at radius 2 is 1.94 bits per heavy atom. The molecule has 1 heterocycles. The first kappa shape index (κ1) is 27.3. The molecular weight excluding hydrogens is 392 g/mol. The van der Waals surface area contributed by atoms with Crippen molar-refractivity contribution in [3.63, 3.8) is 0 Å². The van der Waals surface area contributed by atoms with Crippen LogP contribution in [0.15, 0.2) is 35.9 Å². The standard InChI is InChI=1S/C25H38O4.CH4O/c1-5-19(17-26)15-18(2)22-12-8-13-23(27)25(3,4)21-11-6-9-20(16-21)10-7-14-24(28)29-22;1-2/h6,9,11,15-16,19,22-23,26-27H,5,7-8,10,12-14,17H2,1-4H3;2H,1H3/b18-15-;/t19?,22-,23?;/m0./s1. The van der Waals surface area contributed by atoms with Gasteiger partial charge in [0.2, 0.25) is 0 Å². The SMILES string of the molecule is CCC(/C=C(/C)[C@@H]1CCCC(O)C(C)(C)c2cccc(c2)CCCC(=O)O1)CO.CO. The highest BCUT2D eigenvalue weighted by Gasteiger charge is 2.30. The van der Waals surface area contributed by atoms with Gasteiger partial charge in [0.15, 0.2) is 0 Å². The van der Waals surface area contributed by atoms with Crippen LogP contribution in [0, 0.1) is 5.92 Å². The zero-order valence-electron chi connectivity index (χ0n) is 19.9. The maximum atomic E-state index is 12.4. The summed E-state index contributed by atoms with van der Waals surface area (Å²) in [7, 11) is 1.00. The highest BCUT2D eigenvalue weighted by atomic mass is 16.5. The van der Waals surface area contributed by atoms with Gasteiger partial charge in [0.1, 0.15) is 6.10 Å². The second kappa shape index (κ2) is 13.7. The zero-order valence-corrected chi connectivity index (χ0v) is 19.9. The smallest absolute Gasteiger partial charge is 0.306 e. The Labute approximate surface area is 188 Å². The van der Waals surface area contributed by atoms with Crippen LogP contribution < -0.4 is 0 Å². The molecule has 1 aliphatic heterocycles. The van der Waals surface area contributed by atoms with E-state index < -0.39 is 6.10 Å². The third-order valence-corrected chi connectivity index (χ3v) is 6.33. The minimum absolute atomic E-state index is 0.0800. The molecule has 2 unspecified atom stereocenters. The molecule has 31 heavy (non-hydrogen) atoms. The fourth-order valence-electron chi connectivity index (χ4n) is 3.99. The number of carbonyl (C=O) groups excluding carboxylic acids is 1. The molecule has 3 N–H and O–H groups in total. The van der Waals surface area contributed by atoms with Crippen molar-refractivity contribution in [1.82, 2.24) is 0 Å². The van der Waals surface area contributed by atoms with Gasteiger partial charge in [-0.15, -0.1) is 0 Å². The third kappa shape index (κ3) is 8.40. The summed E-state index contributed by atoms with van der Waals surface area (Å²) in [6.45, 7) is 8.30. The number of ether oxygens (including phenoxy) is 1. The summed E-state index contributed by atoms with van der Waals surface area (Å²) in [5, 5.41) is 27.4. The number of benzene rings is 1. The van der Waals surface area contributed by atoms with Crippen LogP contribution in [0.5, 0.6) is 0 Å². The van der Waals surface area contributed by atoms with Crippen molar-refractivity contribution in [1.29, 1.82) is 0 Å². The van der Waals surface area contributed by atoms with Gasteiger partial charge in [0.05, 0.1) is 6.10 Å². The van der Waals surface area contributed by atoms with Crippen LogP contribution in [0.4, 0.5) is 0 Å². The van der Waals surface area contributed by atoms with Crippen molar-refractivity contribution < 1.29 is 24.9 Å². The minimum atomic E-state index is -0.470. The quantitative estimate of drug-likeness (QED) is 0.485. The number of rotatable bonds is 4. The van der Waals surface area contributed by atoms with Gasteiger partial charge < -0.3 is 20.1 Å². The lowest BCUT2D eigenvalue weighted by molar-refractivity contribution is -0.147. The van der Waals surface area contributed by atoms with Crippen molar-refractivity contribution in [3.05, 3.63) is 47.0 Å². The molecule has 0 aromatic heterocycles. The first-order valence-corrected chi connectivity index (χ1v) is 11.5. The van der Waals surface area contributed by atoms with Gasteiger partial charge in [-0.1, -0.05) is 51.1 Å². The Bertz CT molecular complexity index is 691. The maximum Gasteiger partial charge on any atom is 0.306 e. The number of hydrogen-bond acceptors (Lipinski definition) is 5. The summed E-state index contributed by atoms with van der Waals surface area (Å²) >= 11 is 0. The first-order valence-electron chi connectivity index (χ1n) is 11.5. The van der Waals surface area contributed by atoms with E-state index in [4.69, 9.17) is 9.84 Å². The number of aliphatic hydroxyl groups excluding tert-OH is 3. The fraction of sp³-hybridized carbons (Fsp3) is 0.654. The van der Waals surface area contributed by atoms with Gasteiger partial charge in [0, 0.05) is 31.5 Å². The summed E-state index contributed by atoms with van der Waals surface area (Å²) in [6.07, 6.45) is 6.18. The molecule has 0 saturated carbocycles. The molecule has 5 nitrogen and oxygen atoms in total. The molecule has 3 atom stereocenters. The molecule has 0 amide bonds. The summed E-state index contributed by atoms with van der Waals surface area (Å²) in [6, 6.07) is 8.37.